The quantitative estimate of drug-likeness (QED) is 0.499. The molecule has 2 aliphatic rings. The molecule has 2 aromatic carbocycles. The Labute approximate surface area is 161 Å². The minimum absolute atomic E-state index is 0. The van der Waals surface area contributed by atoms with Gasteiger partial charge >= 0.3 is 0 Å². The largest absolute Gasteiger partial charge is 1.00 e. The van der Waals surface area contributed by atoms with Crippen LogP contribution in [0.2, 0.25) is 0 Å². The van der Waals surface area contributed by atoms with Crippen molar-refractivity contribution < 1.29 is 37.9 Å². The summed E-state index contributed by atoms with van der Waals surface area (Å²) in [6.45, 7) is 2.39. The van der Waals surface area contributed by atoms with Gasteiger partial charge in [-0.05, 0) is 23.3 Å². The summed E-state index contributed by atoms with van der Waals surface area (Å²) in [6.07, 6.45) is 2.27. The van der Waals surface area contributed by atoms with E-state index in [4.69, 9.17) is 9.47 Å². The number of methoxy groups -OCH3 is 2. The minimum Gasteiger partial charge on any atom is -1.00 e. The smallest absolute Gasteiger partial charge is 0.161 e. The molecule has 0 bridgehead atoms. The molecule has 0 radical (unpaired) electrons. The summed E-state index contributed by atoms with van der Waals surface area (Å²) in [6, 6.07) is 13.7. The van der Waals surface area contributed by atoms with Gasteiger partial charge < -0.3 is 37.9 Å². The molecule has 0 saturated heterocycles. The molecule has 0 fully saturated rings. The Bertz CT molecular complexity index is 761. The zero-order chi connectivity index (χ0) is 16.0. The van der Waals surface area contributed by atoms with E-state index in [1.165, 1.54) is 41.8 Å². The molecule has 0 saturated carbocycles. The van der Waals surface area contributed by atoms with E-state index in [9.17, 15) is 0 Å². The van der Waals surface area contributed by atoms with Crippen LogP contribution in [0.5, 0.6) is 11.5 Å². The number of fused-ring (bicyclic) bond motifs is 5. The van der Waals surface area contributed by atoms with E-state index in [1.807, 2.05) is 0 Å². The zero-order valence-corrected chi connectivity index (χ0v) is 16.7. The molecule has 0 spiro atoms. The molecule has 2 unspecified atom stereocenters. The van der Waals surface area contributed by atoms with Crippen LogP contribution in [0.15, 0.2) is 36.4 Å². The zero-order valence-electron chi connectivity index (χ0n) is 14.5. The molecule has 24 heavy (non-hydrogen) atoms. The van der Waals surface area contributed by atoms with E-state index in [0.29, 0.717) is 6.04 Å². The Kier molecular flexibility index (Phi) is 4.80. The van der Waals surface area contributed by atoms with Crippen molar-refractivity contribution in [2.45, 2.75) is 18.9 Å². The van der Waals surface area contributed by atoms with E-state index < -0.39 is 0 Å². The highest BCUT2D eigenvalue weighted by Crippen LogP contribution is 2.46. The molecule has 0 aliphatic carbocycles. The molecule has 2 aromatic rings. The lowest BCUT2D eigenvalue weighted by Gasteiger charge is -2.49. The van der Waals surface area contributed by atoms with E-state index in [1.54, 1.807) is 14.2 Å². The fourth-order valence-corrected chi connectivity index (χ4v) is 4.40. The van der Waals surface area contributed by atoms with Crippen LogP contribution in [0, 0.1) is 0 Å². The second-order valence-electron chi connectivity index (χ2n) is 6.93. The van der Waals surface area contributed by atoms with Gasteiger partial charge in [0.1, 0.15) is 6.04 Å². The van der Waals surface area contributed by atoms with Crippen LogP contribution in [-0.2, 0) is 12.8 Å². The number of halogens is 1. The Morgan fingerprint density at radius 2 is 1.50 bits per heavy atom. The van der Waals surface area contributed by atoms with Crippen LogP contribution in [0.1, 0.15) is 28.3 Å². The molecule has 2 atom stereocenters. The Morgan fingerprint density at radius 1 is 0.875 bits per heavy atom. The average molecular weight is 437 g/mol. The van der Waals surface area contributed by atoms with Crippen LogP contribution >= 0.6 is 0 Å². The molecule has 2 aliphatic heterocycles. The first-order valence-corrected chi connectivity index (χ1v) is 8.33. The summed E-state index contributed by atoms with van der Waals surface area (Å²) < 4.78 is 12.2. The highest BCUT2D eigenvalue weighted by atomic mass is 127. The third-order valence-electron chi connectivity index (χ3n) is 5.70. The number of likely N-dealkylation sites (N-methyl/N-ethyl adjacent to an activating group) is 1. The van der Waals surface area contributed by atoms with Gasteiger partial charge in [0.25, 0.3) is 0 Å². The van der Waals surface area contributed by atoms with Gasteiger partial charge in [0.15, 0.2) is 11.5 Å². The first kappa shape index (κ1) is 17.5. The molecular formula is C20H24INO2. The number of ether oxygens (including phenoxy) is 2. The van der Waals surface area contributed by atoms with Crippen LogP contribution in [0.25, 0.3) is 0 Å². The normalized spacial score (nSPS) is 24.0. The van der Waals surface area contributed by atoms with E-state index in [0.717, 1.165) is 22.4 Å². The van der Waals surface area contributed by atoms with Gasteiger partial charge in [-0.3, -0.25) is 0 Å². The minimum atomic E-state index is 0. The van der Waals surface area contributed by atoms with E-state index in [2.05, 4.69) is 43.4 Å². The lowest BCUT2D eigenvalue weighted by molar-refractivity contribution is -0.937. The van der Waals surface area contributed by atoms with Gasteiger partial charge in [-0.2, -0.15) is 0 Å². The molecule has 0 aromatic heterocycles. The van der Waals surface area contributed by atoms with Crippen molar-refractivity contribution in [3.05, 3.63) is 58.7 Å². The second kappa shape index (κ2) is 6.56. The summed E-state index contributed by atoms with van der Waals surface area (Å²) >= 11 is 0. The molecule has 3 nitrogen and oxygen atoms in total. The first-order valence-electron chi connectivity index (χ1n) is 8.33. The first-order chi connectivity index (χ1) is 11.2. The maximum absolute atomic E-state index is 5.57. The van der Waals surface area contributed by atoms with Gasteiger partial charge in [0, 0.05) is 24.0 Å². The number of quaternary nitrogens is 1. The Balaban J connectivity index is 0.00000169. The average Bonchev–Trinajstić information content (AvgIpc) is 2.59. The number of benzene rings is 2. The molecule has 2 heterocycles. The van der Waals surface area contributed by atoms with Crippen LogP contribution in [-0.4, -0.2) is 38.8 Å². The van der Waals surface area contributed by atoms with Gasteiger partial charge in [-0.25, -0.2) is 0 Å². The van der Waals surface area contributed by atoms with Crippen molar-refractivity contribution in [2.24, 2.45) is 0 Å². The highest BCUT2D eigenvalue weighted by Gasteiger charge is 2.44. The molecular weight excluding hydrogens is 413 g/mol. The van der Waals surface area contributed by atoms with Gasteiger partial charge in [-0.15, -0.1) is 0 Å². The van der Waals surface area contributed by atoms with Crippen LogP contribution in [0.3, 0.4) is 0 Å². The lowest BCUT2D eigenvalue weighted by atomic mass is 9.80. The summed E-state index contributed by atoms with van der Waals surface area (Å²) in [4.78, 5) is 0. The summed E-state index contributed by atoms with van der Waals surface area (Å²) in [5.41, 5.74) is 5.79. The maximum atomic E-state index is 5.57. The van der Waals surface area contributed by atoms with E-state index >= 15 is 0 Å². The SMILES string of the molecule is COc1cc2c(cc1OC)C1c3ccccc3CC[N+]1(C)CC2.[I-]. The Morgan fingerprint density at radius 3 is 2.21 bits per heavy atom. The molecule has 0 amide bonds. The second-order valence-corrected chi connectivity index (χ2v) is 6.93. The predicted octanol–water partition coefficient (Wildman–Crippen LogP) is 0.356. The standard InChI is InChI=1S/C20H24NO2.HI/c1-21-10-8-14-6-4-5-7-16(14)20(21)17-13-19(23-3)18(22-2)12-15(17)9-11-21;/h4-7,12-13,20H,8-11H2,1-3H3;1H/q+1;/p-1. The lowest BCUT2D eigenvalue weighted by Crippen LogP contribution is -3.00. The van der Waals surface area contributed by atoms with Crippen LogP contribution < -0.4 is 33.5 Å². The van der Waals surface area contributed by atoms with Crippen molar-refractivity contribution in [3.8, 4) is 11.5 Å². The fourth-order valence-electron chi connectivity index (χ4n) is 4.40. The van der Waals surface area contributed by atoms with Gasteiger partial charge in [0.2, 0.25) is 0 Å². The predicted molar refractivity (Wildman–Crippen MR) is 91.2 cm³/mol. The Hall–Kier alpha value is -1.27. The molecule has 4 heteroatoms. The number of rotatable bonds is 2. The van der Waals surface area contributed by atoms with Gasteiger partial charge in [0.05, 0.1) is 34.4 Å². The topological polar surface area (TPSA) is 18.5 Å². The summed E-state index contributed by atoms with van der Waals surface area (Å²) in [5, 5.41) is 0. The molecule has 128 valence electrons. The summed E-state index contributed by atoms with van der Waals surface area (Å²) in [5.74, 6) is 1.68. The van der Waals surface area contributed by atoms with Crippen molar-refractivity contribution in [1.29, 1.82) is 0 Å². The molecule has 4 rings (SSSR count). The monoisotopic (exact) mass is 437 g/mol. The number of hydrogen-bond donors (Lipinski definition) is 0. The van der Waals surface area contributed by atoms with E-state index in [-0.39, 0.29) is 24.0 Å². The molecule has 0 N–H and O–H groups in total. The number of nitrogens with zero attached hydrogens (tertiary/aromatic N) is 1. The fraction of sp³-hybridized carbons (Fsp3) is 0.400. The highest BCUT2D eigenvalue weighted by molar-refractivity contribution is 5.52. The third kappa shape index (κ3) is 2.60. The van der Waals surface area contributed by atoms with Crippen molar-refractivity contribution >= 4 is 0 Å². The van der Waals surface area contributed by atoms with Crippen LogP contribution in [0.4, 0.5) is 0 Å². The van der Waals surface area contributed by atoms with Crippen molar-refractivity contribution in [3.63, 3.8) is 0 Å². The van der Waals surface area contributed by atoms with Crippen molar-refractivity contribution in [2.75, 3.05) is 34.4 Å². The third-order valence-corrected chi connectivity index (χ3v) is 5.70. The maximum Gasteiger partial charge on any atom is 0.161 e. The summed E-state index contributed by atoms with van der Waals surface area (Å²) in [7, 11) is 5.83. The number of hydrogen-bond acceptors (Lipinski definition) is 2. The van der Waals surface area contributed by atoms with Crippen molar-refractivity contribution in [1.82, 2.24) is 0 Å². The van der Waals surface area contributed by atoms with Gasteiger partial charge in [-0.1, -0.05) is 24.3 Å².